The zero-order valence-electron chi connectivity index (χ0n) is 16.5. The predicted molar refractivity (Wildman–Crippen MR) is 108 cm³/mol. The number of nitrogens with one attached hydrogen (secondary N) is 1. The van der Waals surface area contributed by atoms with Crippen molar-refractivity contribution in [3.05, 3.63) is 48.0 Å². The second-order valence-electron chi connectivity index (χ2n) is 6.24. The molecule has 28 heavy (non-hydrogen) atoms. The van der Waals surface area contributed by atoms with Crippen LogP contribution in [0, 0.1) is 11.3 Å². The van der Waals surface area contributed by atoms with Gasteiger partial charge >= 0.3 is 0 Å². The van der Waals surface area contributed by atoms with Crippen LogP contribution in [0.4, 0.5) is 5.69 Å². The molecule has 1 atom stereocenters. The summed E-state index contributed by atoms with van der Waals surface area (Å²) >= 11 is 0. The van der Waals surface area contributed by atoms with E-state index in [0.29, 0.717) is 41.7 Å². The van der Waals surface area contributed by atoms with Gasteiger partial charge in [0.25, 0.3) is 5.91 Å². The van der Waals surface area contributed by atoms with E-state index in [1.165, 1.54) is 0 Å². The standard InChI is InChI=1S/C22H26N2O4/c1-4-12-26-20-11-8-18(14-21(20)27-13-5-2)24-22(25)16(3)28-19-9-6-17(15-23)7-10-19/h6-11,14,16H,4-5,12-13H2,1-3H3,(H,24,25). The molecule has 0 aromatic heterocycles. The molecule has 0 aliphatic carbocycles. The zero-order valence-corrected chi connectivity index (χ0v) is 16.5. The lowest BCUT2D eigenvalue weighted by Gasteiger charge is -2.17. The first-order valence-electron chi connectivity index (χ1n) is 9.44. The Kier molecular flexibility index (Phi) is 8.16. The molecule has 2 rings (SSSR count). The summed E-state index contributed by atoms with van der Waals surface area (Å²) in [5.74, 6) is 1.51. The molecule has 1 amide bonds. The third-order valence-electron chi connectivity index (χ3n) is 3.80. The molecule has 148 valence electrons. The number of nitrogens with zero attached hydrogens (tertiary/aromatic N) is 1. The highest BCUT2D eigenvalue weighted by molar-refractivity contribution is 5.94. The molecule has 0 spiro atoms. The van der Waals surface area contributed by atoms with Crippen molar-refractivity contribution >= 4 is 11.6 Å². The molecule has 1 unspecified atom stereocenters. The molecule has 6 heteroatoms. The van der Waals surface area contributed by atoms with Gasteiger partial charge in [-0.1, -0.05) is 13.8 Å². The third-order valence-corrected chi connectivity index (χ3v) is 3.80. The third kappa shape index (κ3) is 6.20. The summed E-state index contributed by atoms with van der Waals surface area (Å²) < 4.78 is 17.1. The maximum atomic E-state index is 12.5. The molecule has 2 aromatic carbocycles. The van der Waals surface area contributed by atoms with Crippen molar-refractivity contribution < 1.29 is 19.0 Å². The Labute approximate surface area is 166 Å². The normalized spacial score (nSPS) is 11.2. The molecule has 1 N–H and O–H groups in total. The van der Waals surface area contributed by atoms with E-state index in [1.54, 1.807) is 49.4 Å². The number of amides is 1. The molecule has 0 radical (unpaired) electrons. The molecule has 0 bridgehead atoms. The van der Waals surface area contributed by atoms with Crippen molar-refractivity contribution in [3.8, 4) is 23.3 Å². The van der Waals surface area contributed by atoms with E-state index in [1.807, 2.05) is 19.9 Å². The number of carbonyl (C=O) groups excluding carboxylic acids is 1. The van der Waals surface area contributed by atoms with Gasteiger partial charge in [-0.15, -0.1) is 0 Å². The minimum atomic E-state index is -0.705. The van der Waals surface area contributed by atoms with Gasteiger partial charge in [-0.05, 0) is 56.2 Å². The summed E-state index contributed by atoms with van der Waals surface area (Å²) in [5.41, 5.74) is 1.14. The summed E-state index contributed by atoms with van der Waals surface area (Å²) in [4.78, 5) is 12.5. The maximum absolute atomic E-state index is 12.5. The average molecular weight is 382 g/mol. The van der Waals surface area contributed by atoms with Crippen LogP contribution in [0.1, 0.15) is 39.2 Å². The van der Waals surface area contributed by atoms with Crippen LogP contribution < -0.4 is 19.5 Å². The fraction of sp³-hybridized carbons (Fsp3) is 0.364. The topological polar surface area (TPSA) is 80.6 Å². The summed E-state index contributed by atoms with van der Waals surface area (Å²) in [7, 11) is 0. The van der Waals surface area contributed by atoms with Gasteiger partial charge in [-0.2, -0.15) is 5.26 Å². The molecule has 0 aliphatic rings. The number of nitriles is 1. The molecular formula is C22H26N2O4. The van der Waals surface area contributed by atoms with E-state index in [-0.39, 0.29) is 5.91 Å². The van der Waals surface area contributed by atoms with E-state index < -0.39 is 6.10 Å². The lowest BCUT2D eigenvalue weighted by molar-refractivity contribution is -0.122. The van der Waals surface area contributed by atoms with Crippen LogP contribution in [-0.2, 0) is 4.79 Å². The minimum absolute atomic E-state index is 0.284. The Balaban J connectivity index is 2.03. The first kappa shape index (κ1) is 21.1. The number of carbonyl (C=O) groups is 1. The van der Waals surface area contributed by atoms with Crippen LogP contribution >= 0.6 is 0 Å². The van der Waals surface area contributed by atoms with Crippen molar-refractivity contribution in [2.24, 2.45) is 0 Å². The number of hydrogen-bond donors (Lipinski definition) is 1. The van der Waals surface area contributed by atoms with Gasteiger partial charge in [-0.3, -0.25) is 4.79 Å². The first-order valence-corrected chi connectivity index (χ1v) is 9.44. The molecule has 0 aliphatic heterocycles. The number of hydrogen-bond acceptors (Lipinski definition) is 5. The molecule has 0 heterocycles. The van der Waals surface area contributed by atoms with Crippen LogP contribution in [0.2, 0.25) is 0 Å². The molecule has 0 saturated carbocycles. The Bertz CT molecular complexity index is 812. The Hall–Kier alpha value is -3.20. The fourth-order valence-corrected chi connectivity index (χ4v) is 2.35. The second kappa shape index (κ2) is 10.8. The molecule has 0 fully saturated rings. The Morgan fingerprint density at radius 2 is 1.68 bits per heavy atom. The van der Waals surface area contributed by atoms with Gasteiger partial charge in [0.2, 0.25) is 0 Å². The van der Waals surface area contributed by atoms with E-state index >= 15 is 0 Å². The van der Waals surface area contributed by atoms with Crippen molar-refractivity contribution in [2.45, 2.75) is 39.7 Å². The highest BCUT2D eigenvalue weighted by Crippen LogP contribution is 2.31. The van der Waals surface area contributed by atoms with Gasteiger partial charge in [0.15, 0.2) is 17.6 Å². The molecule has 6 nitrogen and oxygen atoms in total. The summed E-state index contributed by atoms with van der Waals surface area (Å²) in [6, 6.07) is 14.0. The number of benzene rings is 2. The van der Waals surface area contributed by atoms with Gasteiger partial charge in [0, 0.05) is 11.8 Å². The molecule has 2 aromatic rings. The second-order valence-corrected chi connectivity index (χ2v) is 6.24. The van der Waals surface area contributed by atoms with E-state index in [0.717, 1.165) is 12.8 Å². The Morgan fingerprint density at radius 1 is 1.04 bits per heavy atom. The lowest BCUT2D eigenvalue weighted by Crippen LogP contribution is -2.30. The fourth-order valence-electron chi connectivity index (χ4n) is 2.35. The van der Waals surface area contributed by atoms with E-state index in [2.05, 4.69) is 5.32 Å². The largest absolute Gasteiger partial charge is 0.490 e. The number of ether oxygens (including phenoxy) is 3. The summed E-state index contributed by atoms with van der Waals surface area (Å²) in [6.07, 6.45) is 1.07. The number of rotatable bonds is 10. The smallest absolute Gasteiger partial charge is 0.265 e. The van der Waals surface area contributed by atoms with Crippen molar-refractivity contribution in [3.63, 3.8) is 0 Å². The predicted octanol–water partition coefficient (Wildman–Crippen LogP) is 4.54. The van der Waals surface area contributed by atoms with Crippen molar-refractivity contribution in [2.75, 3.05) is 18.5 Å². The SMILES string of the molecule is CCCOc1ccc(NC(=O)C(C)Oc2ccc(C#N)cc2)cc1OCCC. The minimum Gasteiger partial charge on any atom is -0.490 e. The zero-order chi connectivity index (χ0) is 20.4. The van der Waals surface area contributed by atoms with Crippen LogP contribution in [0.3, 0.4) is 0 Å². The first-order chi connectivity index (χ1) is 13.6. The van der Waals surface area contributed by atoms with E-state index in [4.69, 9.17) is 19.5 Å². The van der Waals surface area contributed by atoms with Crippen LogP contribution in [0.15, 0.2) is 42.5 Å². The van der Waals surface area contributed by atoms with Crippen molar-refractivity contribution in [1.82, 2.24) is 0 Å². The van der Waals surface area contributed by atoms with Gasteiger partial charge in [0.05, 0.1) is 24.8 Å². The molecule has 0 saturated heterocycles. The summed E-state index contributed by atoms with van der Waals surface area (Å²) in [6.45, 7) is 6.90. The van der Waals surface area contributed by atoms with Gasteiger partial charge in [-0.25, -0.2) is 0 Å². The van der Waals surface area contributed by atoms with Gasteiger partial charge < -0.3 is 19.5 Å². The highest BCUT2D eigenvalue weighted by Gasteiger charge is 2.16. The van der Waals surface area contributed by atoms with Gasteiger partial charge in [0.1, 0.15) is 5.75 Å². The van der Waals surface area contributed by atoms with Crippen LogP contribution in [0.25, 0.3) is 0 Å². The monoisotopic (exact) mass is 382 g/mol. The van der Waals surface area contributed by atoms with E-state index in [9.17, 15) is 4.79 Å². The quantitative estimate of drug-likeness (QED) is 0.652. The molecular weight excluding hydrogens is 356 g/mol. The highest BCUT2D eigenvalue weighted by atomic mass is 16.5. The maximum Gasteiger partial charge on any atom is 0.265 e. The van der Waals surface area contributed by atoms with Crippen molar-refractivity contribution in [1.29, 1.82) is 5.26 Å². The average Bonchev–Trinajstić information content (AvgIpc) is 2.72. The van der Waals surface area contributed by atoms with Crippen LogP contribution in [0.5, 0.6) is 17.2 Å². The Morgan fingerprint density at radius 3 is 2.29 bits per heavy atom. The lowest BCUT2D eigenvalue weighted by atomic mass is 10.2. The van der Waals surface area contributed by atoms with Crippen LogP contribution in [-0.4, -0.2) is 25.2 Å². The summed E-state index contributed by atoms with van der Waals surface area (Å²) in [5, 5.41) is 11.7. The number of anilines is 1.